The summed E-state index contributed by atoms with van der Waals surface area (Å²) >= 11 is 3.49. The Kier molecular flexibility index (Phi) is 6.69. The fourth-order valence-electron chi connectivity index (χ4n) is 3.17. The third-order valence-electron chi connectivity index (χ3n) is 4.69. The largest absolute Gasteiger partial charge is 0.489 e. The Hall–Kier alpha value is -1.85. The Balaban J connectivity index is 1.61. The highest BCUT2D eigenvalue weighted by Gasteiger charge is 2.19. The molecule has 4 nitrogen and oxygen atoms in total. The first-order valence-corrected chi connectivity index (χ1v) is 9.82. The van der Waals surface area contributed by atoms with Crippen LogP contribution in [-0.2, 0) is 17.8 Å². The molecular weight excluding hydrogens is 392 g/mol. The van der Waals surface area contributed by atoms with Crippen LogP contribution in [0, 0.1) is 0 Å². The molecule has 2 aromatic rings. The number of carbonyl (C=O) groups excluding carboxylic acids is 1. The van der Waals surface area contributed by atoms with Gasteiger partial charge in [-0.05, 0) is 56.7 Å². The zero-order valence-corrected chi connectivity index (χ0v) is 16.7. The molecule has 138 valence electrons. The summed E-state index contributed by atoms with van der Waals surface area (Å²) in [7, 11) is 2.12. The number of nitrogens with one attached hydrogen (secondary N) is 1. The van der Waals surface area contributed by atoms with Crippen LogP contribution in [0.1, 0.15) is 24.0 Å². The van der Waals surface area contributed by atoms with E-state index in [1.54, 1.807) is 0 Å². The maximum Gasteiger partial charge on any atom is 0.224 e. The summed E-state index contributed by atoms with van der Waals surface area (Å²) in [6.07, 6.45) is 2.35. The van der Waals surface area contributed by atoms with Crippen molar-refractivity contribution in [1.82, 2.24) is 10.2 Å². The van der Waals surface area contributed by atoms with Crippen molar-refractivity contribution in [2.24, 2.45) is 0 Å². The average molecular weight is 417 g/mol. The van der Waals surface area contributed by atoms with Crippen LogP contribution in [0.2, 0.25) is 0 Å². The fourth-order valence-corrected chi connectivity index (χ4v) is 3.58. The van der Waals surface area contributed by atoms with Crippen molar-refractivity contribution in [3.05, 3.63) is 64.1 Å². The number of halogens is 1. The van der Waals surface area contributed by atoms with E-state index in [0.717, 1.165) is 47.3 Å². The van der Waals surface area contributed by atoms with E-state index in [1.165, 1.54) is 0 Å². The normalized spacial score (nSPS) is 15.6. The molecule has 0 unspecified atom stereocenters. The maximum absolute atomic E-state index is 12.5. The summed E-state index contributed by atoms with van der Waals surface area (Å²) < 4.78 is 6.93. The first-order chi connectivity index (χ1) is 12.6. The summed E-state index contributed by atoms with van der Waals surface area (Å²) in [6.45, 7) is 2.56. The highest BCUT2D eigenvalue weighted by molar-refractivity contribution is 9.10. The molecule has 1 aliphatic heterocycles. The monoisotopic (exact) mass is 416 g/mol. The average Bonchev–Trinajstić information content (AvgIpc) is 2.64. The number of rotatable bonds is 6. The van der Waals surface area contributed by atoms with Gasteiger partial charge in [-0.25, -0.2) is 0 Å². The number of hydrogen-bond acceptors (Lipinski definition) is 3. The summed E-state index contributed by atoms with van der Waals surface area (Å²) in [5.74, 6) is 0.817. The molecule has 0 bridgehead atoms. The predicted molar refractivity (Wildman–Crippen MR) is 107 cm³/mol. The van der Waals surface area contributed by atoms with Gasteiger partial charge in [0.15, 0.2) is 0 Å². The Morgan fingerprint density at radius 2 is 1.92 bits per heavy atom. The Morgan fingerprint density at radius 3 is 2.65 bits per heavy atom. The number of likely N-dealkylation sites (tertiary alicyclic amines) is 1. The standard InChI is InChI=1S/C21H25BrN2O2/c1-24-11-9-19(10-12-24)23-21(25)14-17-13-18(22)7-8-20(17)26-15-16-5-3-2-4-6-16/h2-8,13,19H,9-12,14-15H2,1H3,(H,23,25). The van der Waals surface area contributed by atoms with Crippen molar-refractivity contribution in [3.63, 3.8) is 0 Å². The molecule has 1 fully saturated rings. The van der Waals surface area contributed by atoms with Gasteiger partial charge < -0.3 is 15.0 Å². The van der Waals surface area contributed by atoms with Gasteiger partial charge in [0.05, 0.1) is 6.42 Å². The van der Waals surface area contributed by atoms with Crippen LogP contribution < -0.4 is 10.1 Å². The van der Waals surface area contributed by atoms with Crippen LogP contribution in [0.5, 0.6) is 5.75 Å². The van der Waals surface area contributed by atoms with Crippen LogP contribution in [0.4, 0.5) is 0 Å². The molecule has 1 aliphatic rings. The summed E-state index contributed by atoms with van der Waals surface area (Å²) in [5.41, 5.74) is 2.01. The van der Waals surface area contributed by atoms with E-state index in [1.807, 2.05) is 48.5 Å². The van der Waals surface area contributed by atoms with Gasteiger partial charge >= 0.3 is 0 Å². The Labute approximate surface area is 163 Å². The van der Waals surface area contributed by atoms with Crippen LogP contribution in [0.25, 0.3) is 0 Å². The lowest BCUT2D eigenvalue weighted by molar-refractivity contribution is -0.121. The fraction of sp³-hybridized carbons (Fsp3) is 0.381. The zero-order chi connectivity index (χ0) is 18.4. The minimum atomic E-state index is 0.0576. The second-order valence-corrected chi connectivity index (χ2v) is 7.76. The van der Waals surface area contributed by atoms with Crippen molar-refractivity contribution >= 4 is 21.8 Å². The predicted octanol–water partition coefficient (Wildman–Crippen LogP) is 3.78. The maximum atomic E-state index is 12.5. The number of amides is 1. The second-order valence-electron chi connectivity index (χ2n) is 6.85. The molecule has 1 amide bonds. The van der Waals surface area contributed by atoms with Gasteiger partial charge in [-0.2, -0.15) is 0 Å². The number of ether oxygens (including phenoxy) is 1. The van der Waals surface area contributed by atoms with Gasteiger partial charge in [0.25, 0.3) is 0 Å². The van der Waals surface area contributed by atoms with E-state index in [0.29, 0.717) is 13.0 Å². The van der Waals surface area contributed by atoms with Crippen molar-refractivity contribution in [1.29, 1.82) is 0 Å². The van der Waals surface area contributed by atoms with Crippen LogP contribution >= 0.6 is 15.9 Å². The molecule has 5 heteroatoms. The van der Waals surface area contributed by atoms with Crippen LogP contribution in [0.3, 0.4) is 0 Å². The smallest absolute Gasteiger partial charge is 0.224 e. The molecule has 0 spiro atoms. The minimum absolute atomic E-state index is 0.0576. The summed E-state index contributed by atoms with van der Waals surface area (Å²) in [5, 5.41) is 3.17. The van der Waals surface area contributed by atoms with Gasteiger partial charge in [0, 0.05) is 16.1 Å². The molecule has 2 aromatic carbocycles. The first-order valence-electron chi connectivity index (χ1n) is 9.03. The highest BCUT2D eigenvalue weighted by atomic mass is 79.9. The van der Waals surface area contributed by atoms with Gasteiger partial charge in [-0.3, -0.25) is 4.79 Å². The summed E-state index contributed by atoms with van der Waals surface area (Å²) in [6, 6.07) is 16.2. The van der Waals surface area contributed by atoms with Crippen molar-refractivity contribution in [2.45, 2.75) is 31.9 Å². The second kappa shape index (κ2) is 9.19. The molecule has 1 N–H and O–H groups in total. The number of nitrogens with zero attached hydrogens (tertiary/aromatic N) is 1. The van der Waals surface area contributed by atoms with Gasteiger partial charge in [-0.15, -0.1) is 0 Å². The van der Waals surface area contributed by atoms with Gasteiger partial charge in [-0.1, -0.05) is 46.3 Å². The van der Waals surface area contributed by atoms with Crippen LogP contribution in [-0.4, -0.2) is 37.0 Å². The number of benzene rings is 2. The zero-order valence-electron chi connectivity index (χ0n) is 15.1. The number of hydrogen-bond donors (Lipinski definition) is 1. The molecule has 0 radical (unpaired) electrons. The minimum Gasteiger partial charge on any atom is -0.489 e. The van der Waals surface area contributed by atoms with E-state index in [9.17, 15) is 4.79 Å². The van der Waals surface area contributed by atoms with E-state index in [-0.39, 0.29) is 11.9 Å². The van der Waals surface area contributed by atoms with Crippen molar-refractivity contribution in [2.75, 3.05) is 20.1 Å². The van der Waals surface area contributed by atoms with E-state index in [2.05, 4.69) is 33.2 Å². The molecular formula is C21H25BrN2O2. The molecule has 1 heterocycles. The lowest BCUT2D eigenvalue weighted by Gasteiger charge is -2.29. The van der Waals surface area contributed by atoms with E-state index >= 15 is 0 Å². The number of carbonyl (C=O) groups is 1. The quantitative estimate of drug-likeness (QED) is 0.778. The molecule has 0 aliphatic carbocycles. The molecule has 0 saturated carbocycles. The van der Waals surface area contributed by atoms with E-state index < -0.39 is 0 Å². The van der Waals surface area contributed by atoms with E-state index in [4.69, 9.17) is 4.74 Å². The van der Waals surface area contributed by atoms with Gasteiger partial charge in [0.2, 0.25) is 5.91 Å². The number of piperidine rings is 1. The lowest BCUT2D eigenvalue weighted by Crippen LogP contribution is -2.43. The molecule has 0 aromatic heterocycles. The molecule has 3 rings (SSSR count). The van der Waals surface area contributed by atoms with Crippen molar-refractivity contribution < 1.29 is 9.53 Å². The third kappa shape index (κ3) is 5.58. The summed E-state index contributed by atoms with van der Waals surface area (Å²) in [4.78, 5) is 14.8. The molecule has 1 saturated heterocycles. The van der Waals surface area contributed by atoms with Crippen LogP contribution in [0.15, 0.2) is 53.0 Å². The van der Waals surface area contributed by atoms with Crippen molar-refractivity contribution in [3.8, 4) is 5.75 Å². The molecule has 0 atom stereocenters. The SMILES string of the molecule is CN1CCC(NC(=O)Cc2cc(Br)ccc2OCc2ccccc2)CC1. The Morgan fingerprint density at radius 1 is 1.19 bits per heavy atom. The Bertz CT molecular complexity index is 728. The highest BCUT2D eigenvalue weighted by Crippen LogP contribution is 2.25. The van der Waals surface area contributed by atoms with Gasteiger partial charge in [0.1, 0.15) is 12.4 Å². The lowest BCUT2D eigenvalue weighted by atomic mass is 10.0. The third-order valence-corrected chi connectivity index (χ3v) is 5.19. The topological polar surface area (TPSA) is 41.6 Å². The first kappa shape index (κ1) is 18.9. The molecule has 26 heavy (non-hydrogen) atoms.